The lowest BCUT2D eigenvalue weighted by molar-refractivity contribution is 0.120. The van der Waals surface area contributed by atoms with E-state index in [9.17, 15) is 5.11 Å². The van der Waals surface area contributed by atoms with E-state index >= 15 is 0 Å². The number of aliphatic hydroxyl groups excluding tert-OH is 1. The van der Waals surface area contributed by atoms with E-state index in [0.29, 0.717) is 6.04 Å². The molecule has 0 spiro atoms. The third-order valence-electron chi connectivity index (χ3n) is 4.90. The maximum absolute atomic E-state index is 9.57. The number of guanidine groups is 1. The fourth-order valence-corrected chi connectivity index (χ4v) is 3.60. The fraction of sp³-hybridized carbons (Fsp3) is 0.941. The predicted molar refractivity (Wildman–Crippen MR) is 104 cm³/mol. The van der Waals surface area contributed by atoms with Crippen molar-refractivity contribution in [1.29, 1.82) is 0 Å². The average molecular weight is 423 g/mol. The van der Waals surface area contributed by atoms with Gasteiger partial charge in [-0.3, -0.25) is 4.99 Å². The number of aliphatic hydroxyl groups is 1. The van der Waals surface area contributed by atoms with Crippen LogP contribution in [0.2, 0.25) is 0 Å². The van der Waals surface area contributed by atoms with E-state index in [0.717, 1.165) is 50.7 Å². The van der Waals surface area contributed by atoms with Crippen LogP contribution in [0.1, 0.15) is 71.1 Å². The Balaban J connectivity index is 0.00000242. The van der Waals surface area contributed by atoms with Gasteiger partial charge in [0.1, 0.15) is 0 Å². The number of nitrogens with zero attached hydrogens (tertiary/aromatic N) is 1. The molecule has 130 valence electrons. The van der Waals surface area contributed by atoms with Crippen LogP contribution in [0.25, 0.3) is 0 Å². The zero-order chi connectivity index (χ0) is 14.9. The average Bonchev–Trinajstić information content (AvgIpc) is 2.99. The van der Waals surface area contributed by atoms with Crippen LogP contribution in [0.15, 0.2) is 4.99 Å². The molecule has 5 heteroatoms. The summed E-state index contributed by atoms with van der Waals surface area (Å²) in [5.41, 5.74) is 0. The number of hydrogen-bond acceptors (Lipinski definition) is 2. The van der Waals surface area contributed by atoms with E-state index in [1.54, 1.807) is 0 Å². The molecule has 0 radical (unpaired) electrons. The van der Waals surface area contributed by atoms with Crippen molar-refractivity contribution in [2.45, 2.75) is 83.3 Å². The first-order valence-corrected chi connectivity index (χ1v) is 9.01. The van der Waals surface area contributed by atoms with E-state index in [1.165, 1.54) is 38.5 Å². The Morgan fingerprint density at radius 1 is 1.09 bits per heavy atom. The van der Waals surface area contributed by atoms with Gasteiger partial charge < -0.3 is 15.7 Å². The van der Waals surface area contributed by atoms with Crippen molar-refractivity contribution in [1.82, 2.24) is 10.6 Å². The Morgan fingerprint density at radius 3 is 2.41 bits per heavy atom. The van der Waals surface area contributed by atoms with Crippen LogP contribution >= 0.6 is 24.0 Å². The van der Waals surface area contributed by atoms with Gasteiger partial charge in [0.05, 0.1) is 6.10 Å². The van der Waals surface area contributed by atoms with Crippen LogP contribution in [-0.2, 0) is 0 Å². The summed E-state index contributed by atoms with van der Waals surface area (Å²) >= 11 is 0. The fourth-order valence-electron chi connectivity index (χ4n) is 3.60. The van der Waals surface area contributed by atoms with Gasteiger partial charge in [-0.2, -0.15) is 0 Å². The van der Waals surface area contributed by atoms with E-state index in [1.807, 2.05) is 0 Å². The second-order valence-corrected chi connectivity index (χ2v) is 6.70. The minimum absolute atomic E-state index is 0. The van der Waals surface area contributed by atoms with Crippen LogP contribution in [0.5, 0.6) is 0 Å². The Hall–Kier alpha value is -0.0400. The van der Waals surface area contributed by atoms with Crippen molar-refractivity contribution in [2.24, 2.45) is 10.9 Å². The third kappa shape index (κ3) is 7.49. The van der Waals surface area contributed by atoms with Crippen molar-refractivity contribution in [3.05, 3.63) is 0 Å². The van der Waals surface area contributed by atoms with E-state index in [2.05, 4.69) is 17.6 Å². The SMILES string of the molecule is CCNC(=NCCCC1CCCC1)NC1CCC(O)CC1.I. The largest absolute Gasteiger partial charge is 0.393 e. The molecule has 0 aromatic heterocycles. The first kappa shape index (κ1) is 20.0. The van der Waals surface area contributed by atoms with E-state index in [-0.39, 0.29) is 30.1 Å². The summed E-state index contributed by atoms with van der Waals surface area (Å²) < 4.78 is 0. The van der Waals surface area contributed by atoms with Crippen LogP contribution in [0.3, 0.4) is 0 Å². The molecule has 2 saturated carbocycles. The lowest BCUT2D eigenvalue weighted by atomic mass is 9.93. The minimum atomic E-state index is -0.0889. The number of hydrogen-bond donors (Lipinski definition) is 3. The molecule has 0 saturated heterocycles. The Bertz CT molecular complexity index is 311. The molecule has 0 heterocycles. The van der Waals surface area contributed by atoms with Crippen molar-refractivity contribution in [2.75, 3.05) is 13.1 Å². The summed E-state index contributed by atoms with van der Waals surface area (Å²) in [4.78, 5) is 4.72. The molecule has 3 N–H and O–H groups in total. The molecule has 2 aliphatic rings. The van der Waals surface area contributed by atoms with Crippen molar-refractivity contribution in [3.63, 3.8) is 0 Å². The lowest BCUT2D eigenvalue weighted by Crippen LogP contribution is -2.45. The number of aliphatic imine (C=N–C) groups is 1. The zero-order valence-corrected chi connectivity index (χ0v) is 16.4. The first-order chi connectivity index (χ1) is 10.3. The van der Waals surface area contributed by atoms with Gasteiger partial charge in [-0.15, -0.1) is 24.0 Å². The molecule has 2 fully saturated rings. The summed E-state index contributed by atoms with van der Waals surface area (Å²) in [6, 6.07) is 0.473. The molecule has 0 bridgehead atoms. The Kier molecular flexibility index (Phi) is 10.4. The predicted octanol–water partition coefficient (Wildman–Crippen LogP) is 3.43. The molecule has 4 nitrogen and oxygen atoms in total. The van der Waals surface area contributed by atoms with Gasteiger partial charge in [-0.05, 0) is 51.4 Å². The van der Waals surface area contributed by atoms with Gasteiger partial charge >= 0.3 is 0 Å². The van der Waals surface area contributed by atoms with Crippen molar-refractivity contribution in [3.8, 4) is 0 Å². The molecule has 0 aromatic rings. The smallest absolute Gasteiger partial charge is 0.191 e. The summed E-state index contributed by atoms with van der Waals surface area (Å²) in [6.07, 6.45) is 12.1. The van der Waals surface area contributed by atoms with E-state index < -0.39 is 0 Å². The van der Waals surface area contributed by atoms with Gasteiger partial charge in [0, 0.05) is 19.1 Å². The summed E-state index contributed by atoms with van der Waals surface area (Å²) in [6.45, 7) is 3.95. The second kappa shape index (κ2) is 11.5. The molecule has 0 aromatic carbocycles. The highest BCUT2D eigenvalue weighted by molar-refractivity contribution is 14.0. The number of halogens is 1. The molecule has 0 aliphatic heterocycles. The maximum atomic E-state index is 9.57. The Morgan fingerprint density at radius 2 is 1.77 bits per heavy atom. The van der Waals surface area contributed by atoms with Gasteiger partial charge in [-0.1, -0.05) is 25.7 Å². The minimum Gasteiger partial charge on any atom is -0.393 e. The molecule has 2 aliphatic carbocycles. The normalized spacial score (nSPS) is 26.5. The van der Waals surface area contributed by atoms with Crippen LogP contribution in [0.4, 0.5) is 0 Å². The highest BCUT2D eigenvalue weighted by Crippen LogP contribution is 2.28. The molecule has 0 amide bonds. The number of rotatable bonds is 6. The zero-order valence-electron chi connectivity index (χ0n) is 14.0. The van der Waals surface area contributed by atoms with Crippen LogP contribution in [-0.4, -0.2) is 36.3 Å². The van der Waals surface area contributed by atoms with Gasteiger partial charge in [-0.25, -0.2) is 0 Å². The highest BCUT2D eigenvalue weighted by atomic mass is 127. The standard InChI is InChI=1S/C17H33N3O.HI/c1-2-18-17(20-15-9-11-16(21)12-10-15)19-13-5-8-14-6-3-4-7-14;/h14-16,21H,2-13H2,1H3,(H2,18,19,20);1H. The number of nitrogens with one attached hydrogen (secondary N) is 2. The quantitative estimate of drug-likeness (QED) is 0.266. The van der Waals surface area contributed by atoms with Gasteiger partial charge in [0.25, 0.3) is 0 Å². The highest BCUT2D eigenvalue weighted by Gasteiger charge is 2.20. The van der Waals surface area contributed by atoms with Crippen molar-refractivity contribution >= 4 is 29.9 Å². The van der Waals surface area contributed by atoms with Crippen LogP contribution in [0, 0.1) is 5.92 Å². The van der Waals surface area contributed by atoms with Gasteiger partial charge in [0.2, 0.25) is 0 Å². The Labute approximate surface area is 152 Å². The first-order valence-electron chi connectivity index (χ1n) is 9.01. The second-order valence-electron chi connectivity index (χ2n) is 6.70. The summed E-state index contributed by atoms with van der Waals surface area (Å²) in [5, 5.41) is 16.4. The molecule has 0 atom stereocenters. The van der Waals surface area contributed by atoms with Gasteiger partial charge in [0.15, 0.2) is 5.96 Å². The molecular formula is C17H34IN3O. The van der Waals surface area contributed by atoms with E-state index in [4.69, 9.17) is 4.99 Å². The lowest BCUT2D eigenvalue weighted by Gasteiger charge is -2.27. The summed E-state index contributed by atoms with van der Waals surface area (Å²) in [5.74, 6) is 1.93. The molecule has 2 rings (SSSR count). The maximum Gasteiger partial charge on any atom is 0.191 e. The summed E-state index contributed by atoms with van der Waals surface area (Å²) in [7, 11) is 0. The molecule has 22 heavy (non-hydrogen) atoms. The molecular weight excluding hydrogens is 389 g/mol. The third-order valence-corrected chi connectivity index (χ3v) is 4.90. The van der Waals surface area contributed by atoms with Crippen molar-refractivity contribution < 1.29 is 5.11 Å². The molecule has 0 unspecified atom stereocenters. The topological polar surface area (TPSA) is 56.7 Å². The monoisotopic (exact) mass is 423 g/mol. The van der Waals surface area contributed by atoms with Crippen LogP contribution < -0.4 is 10.6 Å².